The summed E-state index contributed by atoms with van der Waals surface area (Å²) in [4.78, 5) is 0. The number of nitriles is 1. The SMILES string of the molecule is N#Cc1ccc2sc3c(ccc4c3c3ccccc3n4-c3cccc(-c4cccc(-n5c6ccccc6c6ccccc65)c4)c3)c2c1. The Kier molecular flexibility index (Phi) is 5.51. The lowest BCUT2D eigenvalue weighted by Gasteiger charge is -2.12. The largest absolute Gasteiger partial charge is 0.309 e. The highest BCUT2D eigenvalue weighted by atomic mass is 32.1. The summed E-state index contributed by atoms with van der Waals surface area (Å²) in [6.07, 6.45) is 0. The third-order valence-electron chi connectivity index (χ3n) is 9.52. The van der Waals surface area contributed by atoms with Crippen LogP contribution in [0, 0.1) is 11.3 Å². The topological polar surface area (TPSA) is 33.6 Å². The van der Waals surface area contributed by atoms with Gasteiger partial charge in [-0.2, -0.15) is 5.26 Å². The van der Waals surface area contributed by atoms with Gasteiger partial charge in [0.2, 0.25) is 0 Å². The predicted octanol–water partition coefficient (Wildman–Crippen LogP) is 11.8. The molecule has 0 aliphatic rings. The van der Waals surface area contributed by atoms with Crippen LogP contribution in [0.15, 0.2) is 152 Å². The molecule has 0 fully saturated rings. The number of thiophene rings is 1. The molecule has 0 amide bonds. The van der Waals surface area contributed by atoms with E-state index in [1.165, 1.54) is 69.5 Å². The van der Waals surface area contributed by atoms with E-state index in [2.05, 4.69) is 155 Å². The Morgan fingerprint density at radius 1 is 0.447 bits per heavy atom. The molecular formula is C43H25N3S. The van der Waals surface area contributed by atoms with Crippen LogP contribution in [-0.4, -0.2) is 9.13 Å². The molecule has 218 valence electrons. The molecule has 0 N–H and O–H groups in total. The molecule has 0 aliphatic heterocycles. The number of aromatic nitrogens is 2. The highest BCUT2D eigenvalue weighted by molar-refractivity contribution is 7.26. The molecule has 0 radical (unpaired) electrons. The van der Waals surface area contributed by atoms with Crippen LogP contribution in [0.4, 0.5) is 0 Å². The maximum absolute atomic E-state index is 9.55. The van der Waals surface area contributed by atoms with Crippen LogP contribution < -0.4 is 0 Å². The average molecular weight is 616 g/mol. The molecule has 0 spiro atoms. The first-order chi connectivity index (χ1) is 23.3. The predicted molar refractivity (Wildman–Crippen MR) is 198 cm³/mol. The van der Waals surface area contributed by atoms with Crippen LogP contribution in [0.25, 0.3) is 86.3 Å². The Labute approximate surface area is 274 Å². The Morgan fingerprint density at radius 2 is 1.02 bits per heavy atom. The molecule has 7 aromatic carbocycles. The van der Waals surface area contributed by atoms with Gasteiger partial charge in [0.05, 0.1) is 33.7 Å². The van der Waals surface area contributed by atoms with Gasteiger partial charge in [-0.3, -0.25) is 0 Å². The lowest BCUT2D eigenvalue weighted by atomic mass is 10.0. The number of hydrogen-bond acceptors (Lipinski definition) is 2. The van der Waals surface area contributed by atoms with Crippen molar-refractivity contribution in [2.75, 3.05) is 0 Å². The van der Waals surface area contributed by atoms with E-state index in [4.69, 9.17) is 0 Å². The molecule has 3 nitrogen and oxygen atoms in total. The van der Waals surface area contributed by atoms with Gasteiger partial charge >= 0.3 is 0 Å². The van der Waals surface area contributed by atoms with Gasteiger partial charge in [0, 0.05) is 53.1 Å². The van der Waals surface area contributed by atoms with Crippen molar-refractivity contribution >= 4 is 75.1 Å². The monoisotopic (exact) mass is 615 g/mol. The quantitative estimate of drug-likeness (QED) is 0.195. The van der Waals surface area contributed by atoms with Crippen molar-refractivity contribution in [1.82, 2.24) is 9.13 Å². The van der Waals surface area contributed by atoms with Crippen LogP contribution in [0.1, 0.15) is 5.56 Å². The minimum absolute atomic E-state index is 0.693. The fraction of sp³-hybridized carbons (Fsp3) is 0. The molecule has 0 aliphatic carbocycles. The van der Waals surface area contributed by atoms with Gasteiger partial charge in [-0.15, -0.1) is 11.3 Å². The fourth-order valence-corrected chi connectivity index (χ4v) is 8.72. The van der Waals surface area contributed by atoms with Gasteiger partial charge in [0.15, 0.2) is 0 Å². The fourth-order valence-electron chi connectivity index (χ4n) is 7.48. The molecule has 47 heavy (non-hydrogen) atoms. The number of fused-ring (bicyclic) bond motifs is 10. The first kappa shape index (κ1) is 26.1. The van der Waals surface area contributed by atoms with Crippen molar-refractivity contribution < 1.29 is 0 Å². The molecule has 0 bridgehead atoms. The average Bonchev–Trinajstić information content (AvgIpc) is 3.79. The van der Waals surface area contributed by atoms with Gasteiger partial charge in [0.1, 0.15) is 0 Å². The zero-order valence-corrected chi connectivity index (χ0v) is 26.0. The van der Waals surface area contributed by atoms with E-state index in [1.807, 2.05) is 23.5 Å². The third kappa shape index (κ3) is 3.78. The van der Waals surface area contributed by atoms with Gasteiger partial charge in [-0.05, 0) is 77.9 Å². The molecule has 3 heterocycles. The summed E-state index contributed by atoms with van der Waals surface area (Å²) in [5.74, 6) is 0. The van der Waals surface area contributed by atoms with Crippen molar-refractivity contribution in [2.45, 2.75) is 0 Å². The van der Waals surface area contributed by atoms with Crippen molar-refractivity contribution in [1.29, 1.82) is 5.26 Å². The number of hydrogen-bond donors (Lipinski definition) is 0. The summed E-state index contributed by atoms with van der Waals surface area (Å²) < 4.78 is 7.24. The van der Waals surface area contributed by atoms with E-state index in [1.54, 1.807) is 0 Å². The summed E-state index contributed by atoms with van der Waals surface area (Å²) in [6, 6.07) is 56.6. The molecular weight excluding hydrogens is 591 g/mol. The summed E-state index contributed by atoms with van der Waals surface area (Å²) in [5.41, 5.74) is 10.1. The first-order valence-electron chi connectivity index (χ1n) is 15.7. The standard InChI is InChI=1S/C43H25N3S/c44-26-27-19-22-41-36(23-27)34-20-21-40-42(43(34)47-41)35-15-3-6-18-39(35)46(40)31-12-8-10-29(25-31)28-9-7-11-30(24-28)45-37-16-4-1-13-32(37)33-14-2-5-17-38(33)45/h1-25H. The maximum Gasteiger partial charge on any atom is 0.0991 e. The summed E-state index contributed by atoms with van der Waals surface area (Å²) in [5, 5.41) is 16.9. The first-order valence-corrected chi connectivity index (χ1v) is 16.6. The summed E-state index contributed by atoms with van der Waals surface area (Å²) >= 11 is 1.81. The molecule has 0 saturated heterocycles. The smallest absolute Gasteiger partial charge is 0.0991 e. The number of para-hydroxylation sites is 3. The van der Waals surface area contributed by atoms with Crippen molar-refractivity contribution in [3.8, 4) is 28.6 Å². The second kappa shape index (κ2) is 9.92. The van der Waals surface area contributed by atoms with E-state index in [-0.39, 0.29) is 0 Å². The Bertz CT molecular complexity index is 2880. The van der Waals surface area contributed by atoms with E-state index in [0.717, 1.165) is 16.8 Å². The van der Waals surface area contributed by atoms with Gasteiger partial charge in [-0.1, -0.05) is 84.9 Å². The summed E-state index contributed by atoms with van der Waals surface area (Å²) in [6.45, 7) is 0. The van der Waals surface area contributed by atoms with E-state index >= 15 is 0 Å². The van der Waals surface area contributed by atoms with E-state index in [9.17, 15) is 5.26 Å². The zero-order valence-electron chi connectivity index (χ0n) is 25.2. The number of benzene rings is 7. The molecule has 0 saturated carbocycles. The Balaban J connectivity index is 1.17. The molecule has 10 rings (SSSR count). The second-order valence-electron chi connectivity index (χ2n) is 12.1. The number of nitrogens with zero attached hydrogens (tertiary/aromatic N) is 3. The summed E-state index contributed by atoms with van der Waals surface area (Å²) in [7, 11) is 0. The van der Waals surface area contributed by atoms with Gasteiger partial charge in [0.25, 0.3) is 0 Å². The van der Waals surface area contributed by atoms with Crippen molar-refractivity contribution in [2.24, 2.45) is 0 Å². The lowest BCUT2D eigenvalue weighted by molar-refractivity contribution is 1.17. The zero-order chi connectivity index (χ0) is 31.1. The highest BCUT2D eigenvalue weighted by Crippen LogP contribution is 2.44. The highest BCUT2D eigenvalue weighted by Gasteiger charge is 2.18. The van der Waals surface area contributed by atoms with Crippen LogP contribution in [0.2, 0.25) is 0 Å². The van der Waals surface area contributed by atoms with Gasteiger partial charge < -0.3 is 9.13 Å². The van der Waals surface area contributed by atoms with Gasteiger partial charge in [-0.25, -0.2) is 0 Å². The third-order valence-corrected chi connectivity index (χ3v) is 10.7. The molecule has 0 unspecified atom stereocenters. The second-order valence-corrected chi connectivity index (χ2v) is 13.1. The van der Waals surface area contributed by atoms with E-state index in [0.29, 0.717) is 5.56 Å². The van der Waals surface area contributed by atoms with Crippen molar-refractivity contribution in [3.05, 3.63) is 157 Å². The maximum atomic E-state index is 9.55. The van der Waals surface area contributed by atoms with Crippen molar-refractivity contribution in [3.63, 3.8) is 0 Å². The van der Waals surface area contributed by atoms with Crippen LogP contribution in [0.3, 0.4) is 0 Å². The Hall–Kier alpha value is -6.15. The number of rotatable bonds is 3. The Morgan fingerprint density at radius 3 is 1.66 bits per heavy atom. The minimum Gasteiger partial charge on any atom is -0.309 e. The molecule has 3 aromatic heterocycles. The van der Waals surface area contributed by atoms with E-state index < -0.39 is 0 Å². The normalized spacial score (nSPS) is 11.8. The van der Waals surface area contributed by atoms with Crippen LogP contribution >= 0.6 is 11.3 Å². The van der Waals surface area contributed by atoms with Crippen LogP contribution in [0.5, 0.6) is 0 Å². The molecule has 10 aromatic rings. The molecule has 4 heteroatoms. The lowest BCUT2D eigenvalue weighted by Crippen LogP contribution is -1.96. The molecule has 0 atom stereocenters. The minimum atomic E-state index is 0.693. The van der Waals surface area contributed by atoms with Crippen LogP contribution in [-0.2, 0) is 0 Å².